The van der Waals surface area contributed by atoms with Crippen molar-refractivity contribution in [3.8, 4) is 5.75 Å². The summed E-state index contributed by atoms with van der Waals surface area (Å²) in [4.78, 5) is 15.4. The zero-order valence-electron chi connectivity index (χ0n) is 21.8. The predicted octanol–water partition coefficient (Wildman–Crippen LogP) is 8.07. The first-order valence-electron chi connectivity index (χ1n) is 12.8. The van der Waals surface area contributed by atoms with E-state index in [0.717, 1.165) is 43.8 Å². The van der Waals surface area contributed by atoms with Crippen LogP contribution in [0.25, 0.3) is 5.70 Å². The zero-order chi connectivity index (χ0) is 27.1. The van der Waals surface area contributed by atoms with Crippen LogP contribution in [-0.4, -0.2) is 34.0 Å². The lowest BCUT2D eigenvalue weighted by Gasteiger charge is -2.36. The van der Waals surface area contributed by atoms with Crippen molar-refractivity contribution in [2.45, 2.75) is 52.5 Å². The van der Waals surface area contributed by atoms with Crippen molar-refractivity contribution in [3.63, 3.8) is 0 Å². The fourth-order valence-corrected chi connectivity index (χ4v) is 5.47. The number of hydrogen-bond donors (Lipinski definition) is 0. The molecule has 1 fully saturated rings. The molecule has 1 aliphatic carbocycles. The van der Waals surface area contributed by atoms with Crippen LogP contribution in [0, 0.1) is 5.92 Å². The number of allylic oxidation sites excluding steroid dienone is 6. The summed E-state index contributed by atoms with van der Waals surface area (Å²) in [6.45, 7) is 8.53. The molecule has 2 aromatic rings. The number of likely N-dealkylation sites (tertiary alicyclic amines) is 1. The monoisotopic (exact) mass is 569 g/mol. The van der Waals surface area contributed by atoms with Gasteiger partial charge in [-0.2, -0.15) is 0 Å². The van der Waals surface area contributed by atoms with Gasteiger partial charge in [-0.05, 0) is 75.6 Å². The second kappa shape index (κ2) is 13.7. The first-order chi connectivity index (χ1) is 17.8. The van der Waals surface area contributed by atoms with E-state index in [-0.39, 0.29) is 22.5 Å². The third kappa shape index (κ3) is 7.11. The molecule has 202 valence electrons. The van der Waals surface area contributed by atoms with E-state index in [0.29, 0.717) is 34.7 Å². The summed E-state index contributed by atoms with van der Waals surface area (Å²) in [5.74, 6) is 0.949. The fraction of sp³-hybridized carbons (Fsp3) is 0.464. The Labute approximate surface area is 233 Å². The van der Waals surface area contributed by atoms with Crippen molar-refractivity contribution < 1.29 is 9.13 Å². The van der Waals surface area contributed by atoms with Crippen molar-refractivity contribution in [3.05, 3.63) is 79.4 Å². The van der Waals surface area contributed by atoms with Crippen molar-refractivity contribution in [1.29, 1.82) is 0 Å². The number of benzene rings is 1. The summed E-state index contributed by atoms with van der Waals surface area (Å²) in [6, 6.07) is 5.28. The number of hydrogen-bond acceptors (Lipinski definition) is 3. The molecule has 37 heavy (non-hydrogen) atoms. The minimum Gasteiger partial charge on any atom is -0.494 e. The number of ether oxygens (including phenoxy) is 1. The molecule has 0 N–H and O–H groups in total. The van der Waals surface area contributed by atoms with Crippen LogP contribution < -0.4 is 10.3 Å². The van der Waals surface area contributed by atoms with Crippen LogP contribution >= 0.6 is 34.8 Å². The van der Waals surface area contributed by atoms with Gasteiger partial charge in [0.15, 0.2) is 0 Å². The maximum absolute atomic E-state index is 13.6. The molecule has 2 heterocycles. The highest BCUT2D eigenvalue weighted by Gasteiger charge is 2.29. The number of rotatable bonds is 7. The molecule has 1 unspecified atom stereocenters. The van der Waals surface area contributed by atoms with Gasteiger partial charge < -0.3 is 4.74 Å². The molecule has 4 rings (SSSR count). The van der Waals surface area contributed by atoms with E-state index in [9.17, 15) is 9.18 Å². The third-order valence-electron chi connectivity index (χ3n) is 6.84. The van der Waals surface area contributed by atoms with Gasteiger partial charge in [0.1, 0.15) is 16.6 Å². The summed E-state index contributed by atoms with van der Waals surface area (Å²) >= 11 is 18.6. The Morgan fingerprint density at radius 2 is 1.81 bits per heavy atom. The Bertz CT molecular complexity index is 1220. The maximum Gasteiger partial charge on any atom is 0.290 e. The van der Waals surface area contributed by atoms with Gasteiger partial charge in [-0.25, -0.2) is 9.07 Å². The van der Waals surface area contributed by atoms with Gasteiger partial charge >= 0.3 is 0 Å². The largest absolute Gasteiger partial charge is 0.494 e. The van der Waals surface area contributed by atoms with Crippen molar-refractivity contribution in [2.24, 2.45) is 13.0 Å². The molecule has 1 atom stereocenters. The van der Waals surface area contributed by atoms with E-state index >= 15 is 0 Å². The Morgan fingerprint density at radius 1 is 1.11 bits per heavy atom. The van der Waals surface area contributed by atoms with Gasteiger partial charge in [-0.1, -0.05) is 54.7 Å². The Kier molecular flexibility index (Phi) is 10.9. The second-order valence-corrected chi connectivity index (χ2v) is 10.2. The molecule has 0 spiro atoms. The lowest BCUT2D eigenvalue weighted by Crippen LogP contribution is -2.37. The number of halogens is 4. The van der Waals surface area contributed by atoms with E-state index in [1.165, 1.54) is 12.2 Å². The highest BCUT2D eigenvalue weighted by Crippen LogP contribution is 2.32. The van der Waals surface area contributed by atoms with Crippen molar-refractivity contribution >= 4 is 40.5 Å². The van der Waals surface area contributed by atoms with Crippen LogP contribution in [0.2, 0.25) is 15.1 Å². The van der Waals surface area contributed by atoms with Gasteiger partial charge in [-0.15, -0.1) is 0 Å². The third-order valence-corrected chi connectivity index (χ3v) is 7.94. The van der Waals surface area contributed by atoms with E-state index in [2.05, 4.69) is 11.8 Å². The topological polar surface area (TPSA) is 39.4 Å². The summed E-state index contributed by atoms with van der Waals surface area (Å²) < 4.78 is 22.8. The van der Waals surface area contributed by atoms with Crippen LogP contribution in [0.3, 0.4) is 0 Å². The molecule has 2 aliphatic rings. The molecule has 1 aromatic carbocycles. The van der Waals surface area contributed by atoms with E-state index in [4.69, 9.17) is 39.5 Å². The highest BCUT2D eigenvalue weighted by molar-refractivity contribution is 6.42. The van der Waals surface area contributed by atoms with Crippen LogP contribution in [0.1, 0.15) is 58.2 Å². The first kappa shape index (κ1) is 29.6. The molecule has 0 bridgehead atoms. The van der Waals surface area contributed by atoms with Crippen LogP contribution in [0.5, 0.6) is 5.75 Å². The molecule has 1 saturated heterocycles. The van der Waals surface area contributed by atoms with E-state index < -0.39 is 0 Å². The Balaban J connectivity index is 0.00000186. The smallest absolute Gasteiger partial charge is 0.290 e. The van der Waals surface area contributed by atoms with Gasteiger partial charge in [-0.3, -0.25) is 14.4 Å². The fourth-order valence-electron chi connectivity index (χ4n) is 4.83. The van der Waals surface area contributed by atoms with Gasteiger partial charge in [0.05, 0.1) is 28.4 Å². The summed E-state index contributed by atoms with van der Waals surface area (Å²) in [5.41, 5.74) is 1.18. The Hall–Kier alpha value is -1.99. The summed E-state index contributed by atoms with van der Waals surface area (Å²) in [7, 11) is 1.84. The van der Waals surface area contributed by atoms with Crippen LogP contribution in [-0.2, 0) is 7.05 Å². The van der Waals surface area contributed by atoms with Crippen LogP contribution in [0.4, 0.5) is 4.39 Å². The molecule has 0 amide bonds. The van der Waals surface area contributed by atoms with Gasteiger partial charge in [0.25, 0.3) is 5.56 Å². The molecule has 1 aliphatic heterocycles. The molecule has 0 saturated carbocycles. The normalized spacial score (nSPS) is 17.4. The molecule has 0 radical (unpaired) electrons. The molecular formula is C28H35Cl3FN3O2. The number of aromatic nitrogens is 2. The van der Waals surface area contributed by atoms with Crippen molar-refractivity contribution in [1.82, 2.24) is 14.3 Å². The minimum absolute atomic E-state index is 0.0240. The lowest BCUT2D eigenvalue weighted by molar-refractivity contribution is 0.124. The van der Waals surface area contributed by atoms with Crippen molar-refractivity contribution in [2.75, 3.05) is 19.7 Å². The highest BCUT2D eigenvalue weighted by atomic mass is 35.5. The first-order valence-corrected chi connectivity index (χ1v) is 13.9. The van der Waals surface area contributed by atoms with E-state index in [1.54, 1.807) is 29.0 Å². The zero-order valence-corrected chi connectivity index (χ0v) is 24.1. The molecular weight excluding hydrogens is 536 g/mol. The molecule has 5 nitrogen and oxygen atoms in total. The number of piperidine rings is 1. The van der Waals surface area contributed by atoms with Gasteiger partial charge in [0, 0.05) is 25.2 Å². The SMILES string of the molecule is CC.CC(c1c(Cl)c(=O)n(C2=CC=C(F)C=CC2)n1C)N1CCC(CCOc2ccc(Cl)c(Cl)c2)CC1. The molecule has 9 heteroatoms. The van der Waals surface area contributed by atoms with Gasteiger partial charge in [0.2, 0.25) is 0 Å². The summed E-state index contributed by atoms with van der Waals surface area (Å²) in [6.07, 6.45) is 9.60. The Morgan fingerprint density at radius 3 is 2.49 bits per heavy atom. The maximum atomic E-state index is 13.6. The predicted molar refractivity (Wildman–Crippen MR) is 153 cm³/mol. The molecule has 1 aromatic heterocycles. The summed E-state index contributed by atoms with van der Waals surface area (Å²) in [5, 5.41) is 1.22. The van der Waals surface area contributed by atoms with Crippen LogP contribution in [0.15, 0.2) is 53.1 Å². The quantitative estimate of drug-likeness (QED) is 0.338. The van der Waals surface area contributed by atoms with E-state index in [1.807, 2.05) is 31.6 Å². The average molecular weight is 571 g/mol. The number of nitrogens with zero attached hydrogens (tertiary/aromatic N) is 3. The average Bonchev–Trinajstić information content (AvgIpc) is 3.01. The lowest BCUT2D eigenvalue weighted by atomic mass is 9.93. The standard InChI is InChI=1S/C26H29Cl3FN3O2.C2H6/c1-17(25-24(29)26(34)33(31(25)2)20-5-3-4-19(30)6-7-20)32-13-10-18(11-14-32)12-15-35-21-8-9-22(27)23(28)16-21;1-2/h3-4,6-9,16-18H,5,10-15H2,1-2H3;1-2H3. The second-order valence-electron chi connectivity index (χ2n) is 9.02. The minimum atomic E-state index is -0.341.